The molecular formula is C12H26N2O2S. The van der Waals surface area contributed by atoms with Crippen molar-refractivity contribution in [2.24, 2.45) is 11.1 Å². The van der Waals surface area contributed by atoms with Crippen LogP contribution >= 0.6 is 0 Å². The van der Waals surface area contributed by atoms with Gasteiger partial charge in [-0.2, -0.15) is 0 Å². The molecule has 0 radical (unpaired) electrons. The van der Waals surface area contributed by atoms with Crippen molar-refractivity contribution in [3.63, 3.8) is 0 Å². The summed E-state index contributed by atoms with van der Waals surface area (Å²) in [6, 6.07) is 0. The maximum absolute atomic E-state index is 12.1. The predicted molar refractivity (Wildman–Crippen MR) is 71.2 cm³/mol. The first-order valence-corrected chi connectivity index (χ1v) is 8.05. The number of hydrogen-bond donors (Lipinski definition) is 2. The van der Waals surface area contributed by atoms with E-state index in [2.05, 4.69) is 4.72 Å². The Labute approximate surface area is 105 Å². The molecule has 1 aliphatic rings. The van der Waals surface area contributed by atoms with Crippen LogP contribution in [0.15, 0.2) is 0 Å². The first kappa shape index (κ1) is 14.9. The molecule has 0 spiro atoms. The molecule has 0 bridgehead atoms. The van der Waals surface area contributed by atoms with E-state index >= 15 is 0 Å². The standard InChI is InChI=1S/C12H26N2O2S/c1-11(2,3)10-17(15,16)14-12(9-13)7-5-4-6-8-12/h14H,4-10,13H2,1-3H3. The molecule has 0 saturated heterocycles. The second-order valence-corrected chi connectivity index (χ2v) is 8.19. The molecule has 0 aromatic rings. The van der Waals surface area contributed by atoms with Gasteiger partial charge in [-0.1, -0.05) is 40.0 Å². The van der Waals surface area contributed by atoms with Crippen LogP contribution in [0.25, 0.3) is 0 Å². The van der Waals surface area contributed by atoms with E-state index in [1.54, 1.807) is 0 Å². The number of hydrogen-bond acceptors (Lipinski definition) is 3. The summed E-state index contributed by atoms with van der Waals surface area (Å²) in [7, 11) is -3.24. The quantitative estimate of drug-likeness (QED) is 0.808. The third-order valence-electron chi connectivity index (χ3n) is 3.20. The van der Waals surface area contributed by atoms with Gasteiger partial charge >= 0.3 is 0 Å². The third kappa shape index (κ3) is 4.94. The molecule has 102 valence electrons. The van der Waals surface area contributed by atoms with Gasteiger partial charge in [0.15, 0.2) is 0 Å². The van der Waals surface area contributed by atoms with Crippen molar-refractivity contribution >= 4 is 10.0 Å². The van der Waals surface area contributed by atoms with E-state index in [0.717, 1.165) is 25.7 Å². The Morgan fingerprint density at radius 2 is 1.71 bits per heavy atom. The Morgan fingerprint density at radius 1 is 1.18 bits per heavy atom. The molecule has 0 heterocycles. The Balaban J connectivity index is 2.73. The summed E-state index contributed by atoms with van der Waals surface area (Å²) in [5, 5.41) is 0. The van der Waals surface area contributed by atoms with Crippen molar-refractivity contribution in [3.8, 4) is 0 Å². The highest BCUT2D eigenvalue weighted by molar-refractivity contribution is 7.89. The Kier molecular flexibility index (Phi) is 4.60. The normalized spacial score (nSPS) is 21.4. The van der Waals surface area contributed by atoms with Gasteiger partial charge in [0.1, 0.15) is 0 Å². The Bertz CT molecular complexity index is 338. The van der Waals surface area contributed by atoms with Crippen LogP contribution in [-0.4, -0.2) is 26.3 Å². The van der Waals surface area contributed by atoms with Crippen molar-refractivity contribution in [3.05, 3.63) is 0 Å². The van der Waals surface area contributed by atoms with Crippen LogP contribution in [0.5, 0.6) is 0 Å². The fourth-order valence-electron chi connectivity index (χ4n) is 2.51. The fraction of sp³-hybridized carbons (Fsp3) is 1.00. The largest absolute Gasteiger partial charge is 0.329 e. The zero-order chi connectivity index (χ0) is 13.2. The minimum Gasteiger partial charge on any atom is -0.329 e. The van der Waals surface area contributed by atoms with Gasteiger partial charge < -0.3 is 5.73 Å². The summed E-state index contributed by atoms with van der Waals surface area (Å²) in [4.78, 5) is 0. The smallest absolute Gasteiger partial charge is 0.212 e. The van der Waals surface area contributed by atoms with E-state index in [9.17, 15) is 8.42 Å². The number of rotatable bonds is 4. The van der Waals surface area contributed by atoms with Gasteiger partial charge in [-0.15, -0.1) is 0 Å². The summed E-state index contributed by atoms with van der Waals surface area (Å²) in [6.45, 7) is 6.20. The lowest BCUT2D eigenvalue weighted by Gasteiger charge is -2.37. The molecular weight excluding hydrogens is 236 g/mol. The van der Waals surface area contributed by atoms with Crippen LogP contribution in [0.2, 0.25) is 0 Å². The minimum atomic E-state index is -3.24. The van der Waals surface area contributed by atoms with Crippen molar-refractivity contribution in [1.29, 1.82) is 0 Å². The topological polar surface area (TPSA) is 72.2 Å². The van der Waals surface area contributed by atoms with E-state index in [1.807, 2.05) is 20.8 Å². The summed E-state index contributed by atoms with van der Waals surface area (Å²) in [6.07, 6.45) is 5.05. The lowest BCUT2D eigenvalue weighted by atomic mass is 9.83. The summed E-state index contributed by atoms with van der Waals surface area (Å²) in [5.41, 5.74) is 5.17. The average molecular weight is 262 g/mol. The highest BCUT2D eigenvalue weighted by Gasteiger charge is 2.35. The Morgan fingerprint density at radius 3 is 2.12 bits per heavy atom. The van der Waals surface area contributed by atoms with Crippen molar-refractivity contribution in [2.75, 3.05) is 12.3 Å². The van der Waals surface area contributed by atoms with Crippen molar-refractivity contribution in [2.45, 2.75) is 58.4 Å². The molecule has 0 aliphatic heterocycles. The molecule has 17 heavy (non-hydrogen) atoms. The molecule has 3 N–H and O–H groups in total. The number of nitrogens with one attached hydrogen (secondary N) is 1. The summed E-state index contributed by atoms with van der Waals surface area (Å²) >= 11 is 0. The van der Waals surface area contributed by atoms with Gasteiger partial charge in [-0.25, -0.2) is 13.1 Å². The van der Waals surface area contributed by atoms with Crippen LogP contribution < -0.4 is 10.5 Å². The lowest BCUT2D eigenvalue weighted by Crippen LogP contribution is -2.55. The number of sulfonamides is 1. The molecule has 0 aromatic carbocycles. The van der Waals surface area contributed by atoms with Gasteiger partial charge in [0.2, 0.25) is 10.0 Å². The van der Waals surface area contributed by atoms with Gasteiger partial charge in [-0.05, 0) is 18.3 Å². The summed E-state index contributed by atoms with van der Waals surface area (Å²) in [5.74, 6) is 0.155. The lowest BCUT2D eigenvalue weighted by molar-refractivity contribution is 0.275. The van der Waals surface area contributed by atoms with Crippen LogP contribution in [0.3, 0.4) is 0 Å². The van der Waals surface area contributed by atoms with Gasteiger partial charge in [0.05, 0.1) is 5.75 Å². The maximum Gasteiger partial charge on any atom is 0.212 e. The second-order valence-electron chi connectivity index (χ2n) is 6.47. The monoisotopic (exact) mass is 262 g/mol. The van der Waals surface area contributed by atoms with Gasteiger partial charge in [0.25, 0.3) is 0 Å². The zero-order valence-electron chi connectivity index (χ0n) is 11.3. The zero-order valence-corrected chi connectivity index (χ0v) is 12.1. The highest BCUT2D eigenvalue weighted by atomic mass is 32.2. The molecule has 0 atom stereocenters. The van der Waals surface area contributed by atoms with Gasteiger partial charge in [-0.3, -0.25) is 0 Å². The SMILES string of the molecule is CC(C)(C)CS(=O)(=O)NC1(CN)CCCCC1. The fourth-order valence-corrected chi connectivity index (χ4v) is 4.67. The van der Waals surface area contributed by atoms with E-state index < -0.39 is 10.0 Å². The maximum atomic E-state index is 12.1. The minimum absolute atomic E-state index is 0.155. The molecule has 1 aliphatic carbocycles. The molecule has 0 amide bonds. The van der Waals surface area contributed by atoms with Crippen LogP contribution in [0.1, 0.15) is 52.9 Å². The van der Waals surface area contributed by atoms with Crippen molar-refractivity contribution in [1.82, 2.24) is 4.72 Å². The molecule has 1 saturated carbocycles. The molecule has 4 nitrogen and oxygen atoms in total. The van der Waals surface area contributed by atoms with E-state index in [4.69, 9.17) is 5.73 Å². The van der Waals surface area contributed by atoms with Gasteiger partial charge in [0, 0.05) is 12.1 Å². The van der Waals surface area contributed by atoms with Crippen LogP contribution in [-0.2, 0) is 10.0 Å². The van der Waals surface area contributed by atoms with E-state index in [1.165, 1.54) is 6.42 Å². The van der Waals surface area contributed by atoms with E-state index in [-0.39, 0.29) is 16.7 Å². The molecule has 0 unspecified atom stereocenters. The average Bonchev–Trinajstić information content (AvgIpc) is 2.14. The predicted octanol–water partition coefficient (Wildman–Crippen LogP) is 1.61. The third-order valence-corrected chi connectivity index (χ3v) is 5.19. The molecule has 1 fully saturated rings. The molecule has 0 aromatic heterocycles. The van der Waals surface area contributed by atoms with E-state index in [0.29, 0.717) is 6.54 Å². The second kappa shape index (κ2) is 5.24. The van der Waals surface area contributed by atoms with Crippen LogP contribution in [0, 0.1) is 5.41 Å². The highest BCUT2D eigenvalue weighted by Crippen LogP contribution is 2.28. The summed E-state index contributed by atoms with van der Waals surface area (Å²) < 4.78 is 27.1. The first-order valence-electron chi connectivity index (χ1n) is 6.40. The molecule has 5 heteroatoms. The van der Waals surface area contributed by atoms with Crippen molar-refractivity contribution < 1.29 is 8.42 Å². The first-order chi connectivity index (χ1) is 7.68. The Hall–Kier alpha value is -0.130. The molecule has 1 rings (SSSR count). The van der Waals surface area contributed by atoms with Crippen LogP contribution in [0.4, 0.5) is 0 Å². The number of nitrogens with two attached hydrogens (primary N) is 1.